The van der Waals surface area contributed by atoms with Gasteiger partial charge in [-0.15, -0.1) is 0 Å². The van der Waals surface area contributed by atoms with Crippen LogP contribution in [0.15, 0.2) is 12.1 Å². The van der Waals surface area contributed by atoms with Gasteiger partial charge in [-0.2, -0.15) is 13.2 Å². The quantitative estimate of drug-likeness (QED) is 0.801. The molecule has 1 amide bonds. The van der Waals surface area contributed by atoms with Crippen LogP contribution in [0.3, 0.4) is 0 Å². The fourth-order valence-electron chi connectivity index (χ4n) is 2.65. The summed E-state index contributed by atoms with van der Waals surface area (Å²) in [6.45, 7) is 4.75. The molecule has 152 valence electrons. The molecule has 3 atom stereocenters. The van der Waals surface area contributed by atoms with E-state index >= 15 is 0 Å². The van der Waals surface area contributed by atoms with Gasteiger partial charge in [0.25, 0.3) is 0 Å². The number of rotatable bonds is 5. The van der Waals surface area contributed by atoms with Gasteiger partial charge in [0.1, 0.15) is 17.4 Å². The first-order valence-electron chi connectivity index (χ1n) is 8.32. The summed E-state index contributed by atoms with van der Waals surface area (Å²) in [6, 6.07) is 1.25. The normalized spacial score (nSPS) is 20.6. The average molecular weight is 392 g/mol. The molecule has 0 unspecified atom stereocenters. The number of hydrogen-bond acceptors (Lipinski definition) is 6. The largest absolute Gasteiger partial charge is 0.471 e. The molecule has 0 spiro atoms. The number of carbonyl (C=O) groups excluding carboxylic acids is 1. The van der Waals surface area contributed by atoms with Crippen molar-refractivity contribution in [3.05, 3.63) is 23.4 Å². The zero-order valence-electron chi connectivity index (χ0n) is 15.5. The molecule has 1 aromatic rings. The molecule has 7 nitrogen and oxygen atoms in total. The molecule has 0 fully saturated rings. The van der Waals surface area contributed by atoms with Crippen LogP contribution < -0.4 is 10.1 Å². The third kappa shape index (κ3) is 5.46. The molecule has 1 aliphatic heterocycles. The van der Waals surface area contributed by atoms with E-state index in [0.29, 0.717) is 5.56 Å². The molecule has 10 heteroatoms. The zero-order chi connectivity index (χ0) is 20.4. The van der Waals surface area contributed by atoms with Crippen molar-refractivity contribution in [3.63, 3.8) is 0 Å². The molecule has 1 aliphatic rings. The number of carbonyl (C=O) groups is 1. The van der Waals surface area contributed by atoms with E-state index in [2.05, 4.69) is 10.3 Å². The van der Waals surface area contributed by atoms with E-state index in [1.165, 1.54) is 13.2 Å². The summed E-state index contributed by atoms with van der Waals surface area (Å²) in [4.78, 5) is 15.7. The summed E-state index contributed by atoms with van der Waals surface area (Å²) < 4.78 is 54.6. The molecule has 0 saturated carbocycles. The smallest absolute Gasteiger partial charge is 0.433 e. The Morgan fingerprint density at radius 3 is 2.56 bits per heavy atom. The summed E-state index contributed by atoms with van der Waals surface area (Å²) in [5.41, 5.74) is -1.55. The number of pyridine rings is 1. The van der Waals surface area contributed by atoms with Crippen LogP contribution in [0.4, 0.5) is 18.0 Å². The molecule has 2 N–H and O–H groups in total. The van der Waals surface area contributed by atoms with Crippen molar-refractivity contribution in [2.24, 2.45) is 0 Å². The summed E-state index contributed by atoms with van der Waals surface area (Å²) in [7, 11) is 1.39. The van der Waals surface area contributed by atoms with E-state index in [9.17, 15) is 23.1 Å². The third-order valence-corrected chi connectivity index (χ3v) is 3.85. The van der Waals surface area contributed by atoms with Gasteiger partial charge in [-0.05, 0) is 32.9 Å². The molecule has 0 aromatic carbocycles. The molecule has 27 heavy (non-hydrogen) atoms. The van der Waals surface area contributed by atoms with Gasteiger partial charge in [-0.1, -0.05) is 0 Å². The molecule has 1 aromatic heterocycles. The number of nitrogens with one attached hydrogen (secondary N) is 1. The Labute approximate surface area is 154 Å². The van der Waals surface area contributed by atoms with Gasteiger partial charge in [0.05, 0.1) is 18.8 Å². The van der Waals surface area contributed by atoms with E-state index < -0.39 is 41.8 Å². The molecular formula is C17H23F3N2O5. The van der Waals surface area contributed by atoms with Gasteiger partial charge in [0.15, 0.2) is 0 Å². The Balaban J connectivity index is 2.29. The lowest BCUT2D eigenvalue weighted by molar-refractivity contribution is -0.141. The van der Waals surface area contributed by atoms with Crippen molar-refractivity contribution in [3.8, 4) is 5.88 Å². The number of aliphatic hydroxyl groups excluding tert-OH is 1. The lowest BCUT2D eigenvalue weighted by Crippen LogP contribution is -2.40. The van der Waals surface area contributed by atoms with Crippen molar-refractivity contribution in [2.75, 3.05) is 13.7 Å². The predicted molar refractivity (Wildman–Crippen MR) is 88.3 cm³/mol. The lowest BCUT2D eigenvalue weighted by Gasteiger charge is -2.25. The summed E-state index contributed by atoms with van der Waals surface area (Å²) in [5, 5.41) is 11.9. The number of aliphatic hydroxyl groups is 1. The first-order chi connectivity index (χ1) is 12.4. The first kappa shape index (κ1) is 21.2. The molecular weight excluding hydrogens is 369 g/mol. The second kappa shape index (κ2) is 7.89. The van der Waals surface area contributed by atoms with Crippen LogP contribution in [-0.2, 0) is 15.7 Å². The maximum Gasteiger partial charge on any atom is 0.433 e. The zero-order valence-corrected chi connectivity index (χ0v) is 15.5. The topological polar surface area (TPSA) is 89.9 Å². The summed E-state index contributed by atoms with van der Waals surface area (Å²) >= 11 is 0. The summed E-state index contributed by atoms with van der Waals surface area (Å²) in [6.07, 6.45) is -6.63. The standard InChI is InChI=1S/C17H23F3N2O5/c1-16(2,3)27-15(24)22-13-10-5-6-12(17(18,19)20)21-14(10)26-11(13)7-9(8-23)25-4/h5-6,9,11,13,23H,7-8H2,1-4H3,(H,22,24)/t9-,11+,13+/m1/s1. The highest BCUT2D eigenvalue weighted by molar-refractivity contribution is 5.69. The Bertz CT molecular complexity index is 672. The number of methoxy groups -OCH3 is 1. The molecule has 2 rings (SSSR count). The maximum atomic E-state index is 12.9. The number of alkyl carbamates (subject to hydrolysis) is 1. The van der Waals surface area contributed by atoms with Gasteiger partial charge in [-0.25, -0.2) is 9.78 Å². The second-order valence-electron chi connectivity index (χ2n) is 7.14. The Morgan fingerprint density at radius 1 is 1.37 bits per heavy atom. The van der Waals surface area contributed by atoms with Crippen molar-refractivity contribution in [2.45, 2.75) is 57.2 Å². The van der Waals surface area contributed by atoms with Crippen LogP contribution >= 0.6 is 0 Å². The van der Waals surface area contributed by atoms with E-state index in [1.807, 2.05) is 0 Å². The lowest BCUT2D eigenvalue weighted by atomic mass is 10.0. The average Bonchev–Trinajstić information content (AvgIpc) is 2.86. The second-order valence-corrected chi connectivity index (χ2v) is 7.14. The van der Waals surface area contributed by atoms with E-state index in [0.717, 1.165) is 6.07 Å². The van der Waals surface area contributed by atoms with Crippen LogP contribution in [-0.4, -0.2) is 47.7 Å². The molecule has 0 radical (unpaired) electrons. The van der Waals surface area contributed by atoms with Crippen molar-refractivity contribution >= 4 is 6.09 Å². The molecule has 2 heterocycles. The minimum absolute atomic E-state index is 0.130. The number of amides is 1. The van der Waals surface area contributed by atoms with E-state index in [-0.39, 0.29) is 18.9 Å². The van der Waals surface area contributed by atoms with Gasteiger partial charge in [0, 0.05) is 19.1 Å². The molecule has 0 saturated heterocycles. The van der Waals surface area contributed by atoms with Crippen LogP contribution in [0.2, 0.25) is 0 Å². The third-order valence-electron chi connectivity index (χ3n) is 3.85. The minimum atomic E-state index is -4.62. The van der Waals surface area contributed by atoms with Crippen LogP contribution in [0.5, 0.6) is 5.88 Å². The fourth-order valence-corrected chi connectivity index (χ4v) is 2.65. The number of aromatic nitrogens is 1. The highest BCUT2D eigenvalue weighted by Gasteiger charge is 2.41. The number of nitrogens with zero attached hydrogens (tertiary/aromatic N) is 1. The molecule has 0 bridgehead atoms. The summed E-state index contributed by atoms with van der Waals surface area (Å²) in [5.74, 6) is -0.219. The highest BCUT2D eigenvalue weighted by Crippen LogP contribution is 2.40. The van der Waals surface area contributed by atoms with Gasteiger partial charge in [0.2, 0.25) is 5.88 Å². The van der Waals surface area contributed by atoms with E-state index in [4.69, 9.17) is 14.2 Å². The number of ether oxygens (including phenoxy) is 3. The number of alkyl halides is 3. The Kier molecular flexibility index (Phi) is 6.21. The molecule has 0 aliphatic carbocycles. The van der Waals surface area contributed by atoms with Gasteiger partial charge < -0.3 is 24.6 Å². The highest BCUT2D eigenvalue weighted by atomic mass is 19.4. The predicted octanol–water partition coefficient (Wildman–Crippen LogP) is 2.82. The number of hydrogen-bond donors (Lipinski definition) is 2. The minimum Gasteiger partial charge on any atom is -0.471 e. The van der Waals surface area contributed by atoms with Crippen molar-refractivity contribution < 1.29 is 37.3 Å². The Hall–Kier alpha value is -2.07. The van der Waals surface area contributed by atoms with Gasteiger partial charge in [-0.3, -0.25) is 0 Å². The van der Waals surface area contributed by atoms with Crippen LogP contribution in [0, 0.1) is 0 Å². The fraction of sp³-hybridized carbons (Fsp3) is 0.647. The SMILES string of the molecule is CO[C@@H](CO)C[C@@H]1Oc2nc(C(F)(F)F)ccc2[C@@H]1NC(=O)OC(C)(C)C. The van der Waals surface area contributed by atoms with Crippen molar-refractivity contribution in [1.29, 1.82) is 0 Å². The number of fused-ring (bicyclic) bond motifs is 1. The number of halogens is 3. The van der Waals surface area contributed by atoms with Crippen molar-refractivity contribution in [1.82, 2.24) is 10.3 Å². The van der Waals surface area contributed by atoms with E-state index in [1.54, 1.807) is 20.8 Å². The van der Waals surface area contributed by atoms with Crippen LogP contribution in [0.25, 0.3) is 0 Å². The van der Waals surface area contributed by atoms with Crippen LogP contribution in [0.1, 0.15) is 44.5 Å². The van der Waals surface area contributed by atoms with Gasteiger partial charge >= 0.3 is 12.3 Å². The monoisotopic (exact) mass is 392 g/mol. The maximum absolute atomic E-state index is 12.9. The first-order valence-corrected chi connectivity index (χ1v) is 8.32. The Morgan fingerprint density at radius 2 is 2.04 bits per heavy atom.